The van der Waals surface area contributed by atoms with Crippen LogP contribution in [0.25, 0.3) is 0 Å². The second-order valence-electron chi connectivity index (χ2n) is 4.87. The number of nitrogens with one attached hydrogen (secondary N) is 2. The van der Waals surface area contributed by atoms with Gasteiger partial charge in [0.15, 0.2) is 0 Å². The molecule has 0 aliphatic carbocycles. The molecule has 1 heterocycles. The molecule has 1 aliphatic heterocycles. The Bertz CT molecular complexity index is 414. The molecule has 1 saturated heterocycles. The quantitative estimate of drug-likeness (QED) is 0.779. The normalized spacial score (nSPS) is 15.8. The summed E-state index contributed by atoms with van der Waals surface area (Å²) in [7, 11) is 0. The van der Waals surface area contributed by atoms with Crippen molar-refractivity contribution in [1.82, 2.24) is 5.32 Å². The number of carbonyl (C=O) groups is 1. The van der Waals surface area contributed by atoms with Crippen molar-refractivity contribution in [3.8, 4) is 5.75 Å². The molecule has 20 heavy (non-hydrogen) atoms. The van der Waals surface area contributed by atoms with Gasteiger partial charge in [-0.15, -0.1) is 0 Å². The maximum absolute atomic E-state index is 10.9. The van der Waals surface area contributed by atoms with E-state index in [9.17, 15) is 4.79 Å². The van der Waals surface area contributed by atoms with Crippen LogP contribution in [-0.4, -0.2) is 38.3 Å². The second kappa shape index (κ2) is 7.87. The summed E-state index contributed by atoms with van der Waals surface area (Å²) in [5, 5.41) is 6.03. The largest absolute Gasteiger partial charge is 0.491 e. The van der Waals surface area contributed by atoms with Crippen LogP contribution in [-0.2, 0) is 9.53 Å². The minimum absolute atomic E-state index is 0.0750. The number of amides is 1. The van der Waals surface area contributed by atoms with Crippen LogP contribution in [0.5, 0.6) is 5.75 Å². The number of ether oxygens (including phenoxy) is 2. The van der Waals surface area contributed by atoms with E-state index in [1.54, 1.807) is 0 Å². The van der Waals surface area contributed by atoms with Crippen molar-refractivity contribution in [2.75, 3.05) is 31.6 Å². The van der Waals surface area contributed by atoms with E-state index in [2.05, 4.69) is 10.6 Å². The van der Waals surface area contributed by atoms with Gasteiger partial charge in [-0.25, -0.2) is 0 Å². The Kier molecular flexibility index (Phi) is 5.83. The lowest BCUT2D eigenvalue weighted by molar-refractivity contribution is -0.114. The minimum Gasteiger partial charge on any atom is -0.491 e. The van der Waals surface area contributed by atoms with Crippen molar-refractivity contribution >= 4 is 11.6 Å². The fourth-order valence-electron chi connectivity index (χ4n) is 2.17. The van der Waals surface area contributed by atoms with Crippen LogP contribution in [0.4, 0.5) is 5.69 Å². The predicted molar refractivity (Wildman–Crippen MR) is 78.1 cm³/mol. The molecule has 1 aromatic carbocycles. The van der Waals surface area contributed by atoms with Gasteiger partial charge in [0.05, 0.1) is 12.7 Å². The molecule has 0 radical (unpaired) electrons. The van der Waals surface area contributed by atoms with Gasteiger partial charge in [0, 0.05) is 12.6 Å². The minimum atomic E-state index is -0.0750. The van der Waals surface area contributed by atoms with E-state index in [-0.39, 0.29) is 5.91 Å². The molecule has 0 atom stereocenters. The van der Waals surface area contributed by atoms with Crippen LogP contribution in [0, 0.1) is 0 Å². The van der Waals surface area contributed by atoms with Crippen LogP contribution in [0.2, 0.25) is 0 Å². The molecule has 2 N–H and O–H groups in total. The SMILES string of the molecule is CC(=O)Nc1ccc(OCCOC2CCNCC2)cc1. The summed E-state index contributed by atoms with van der Waals surface area (Å²) in [4.78, 5) is 10.9. The van der Waals surface area contributed by atoms with Crippen molar-refractivity contribution in [2.45, 2.75) is 25.9 Å². The highest BCUT2D eigenvalue weighted by Crippen LogP contribution is 2.15. The monoisotopic (exact) mass is 278 g/mol. The zero-order chi connectivity index (χ0) is 14.2. The molecular weight excluding hydrogens is 256 g/mol. The van der Waals surface area contributed by atoms with Gasteiger partial charge < -0.3 is 20.1 Å². The molecule has 1 fully saturated rings. The number of hydrogen-bond donors (Lipinski definition) is 2. The first kappa shape index (κ1) is 14.8. The molecule has 1 aliphatic rings. The maximum atomic E-state index is 10.9. The first-order valence-corrected chi connectivity index (χ1v) is 7.07. The number of carbonyl (C=O) groups excluding carboxylic acids is 1. The van der Waals surface area contributed by atoms with E-state index in [4.69, 9.17) is 9.47 Å². The third kappa shape index (κ3) is 5.19. The van der Waals surface area contributed by atoms with Gasteiger partial charge in [-0.3, -0.25) is 4.79 Å². The molecule has 0 saturated carbocycles. The Morgan fingerprint density at radius 3 is 2.60 bits per heavy atom. The van der Waals surface area contributed by atoms with E-state index in [1.165, 1.54) is 6.92 Å². The summed E-state index contributed by atoms with van der Waals surface area (Å²) in [6.07, 6.45) is 2.51. The summed E-state index contributed by atoms with van der Waals surface area (Å²) in [5.41, 5.74) is 0.774. The van der Waals surface area contributed by atoms with E-state index in [0.717, 1.165) is 37.4 Å². The molecule has 0 bridgehead atoms. The molecule has 2 rings (SSSR count). The van der Waals surface area contributed by atoms with Gasteiger partial charge >= 0.3 is 0 Å². The highest BCUT2D eigenvalue weighted by Gasteiger charge is 2.12. The van der Waals surface area contributed by atoms with Gasteiger partial charge in [0.25, 0.3) is 0 Å². The summed E-state index contributed by atoms with van der Waals surface area (Å²) >= 11 is 0. The molecule has 5 heteroatoms. The van der Waals surface area contributed by atoms with Crippen LogP contribution in [0.3, 0.4) is 0 Å². The van der Waals surface area contributed by atoms with Crippen molar-refractivity contribution in [3.63, 3.8) is 0 Å². The Hall–Kier alpha value is -1.59. The lowest BCUT2D eigenvalue weighted by Crippen LogP contribution is -2.33. The number of piperidine rings is 1. The zero-order valence-electron chi connectivity index (χ0n) is 11.9. The molecule has 0 unspecified atom stereocenters. The lowest BCUT2D eigenvalue weighted by Gasteiger charge is -2.22. The van der Waals surface area contributed by atoms with Crippen molar-refractivity contribution in [1.29, 1.82) is 0 Å². The Morgan fingerprint density at radius 2 is 1.95 bits per heavy atom. The van der Waals surface area contributed by atoms with Crippen molar-refractivity contribution in [3.05, 3.63) is 24.3 Å². The van der Waals surface area contributed by atoms with E-state index < -0.39 is 0 Å². The van der Waals surface area contributed by atoms with Crippen LogP contribution < -0.4 is 15.4 Å². The highest BCUT2D eigenvalue weighted by atomic mass is 16.5. The summed E-state index contributed by atoms with van der Waals surface area (Å²) < 4.78 is 11.4. The van der Waals surface area contributed by atoms with Gasteiger partial charge in [-0.1, -0.05) is 0 Å². The molecule has 5 nitrogen and oxygen atoms in total. The number of benzene rings is 1. The summed E-state index contributed by atoms with van der Waals surface area (Å²) in [6.45, 7) is 4.72. The third-order valence-electron chi connectivity index (χ3n) is 3.17. The van der Waals surface area contributed by atoms with Gasteiger partial charge in [-0.05, 0) is 50.2 Å². The first-order valence-electron chi connectivity index (χ1n) is 7.07. The van der Waals surface area contributed by atoms with Gasteiger partial charge in [-0.2, -0.15) is 0 Å². The molecule has 110 valence electrons. The average molecular weight is 278 g/mol. The molecular formula is C15H22N2O3. The Morgan fingerprint density at radius 1 is 1.25 bits per heavy atom. The third-order valence-corrected chi connectivity index (χ3v) is 3.17. The zero-order valence-corrected chi connectivity index (χ0v) is 11.9. The summed E-state index contributed by atoms with van der Waals surface area (Å²) in [6, 6.07) is 7.33. The summed E-state index contributed by atoms with van der Waals surface area (Å²) in [5.74, 6) is 0.710. The van der Waals surface area contributed by atoms with Gasteiger partial charge in [0.1, 0.15) is 12.4 Å². The molecule has 1 amide bonds. The highest BCUT2D eigenvalue weighted by molar-refractivity contribution is 5.88. The van der Waals surface area contributed by atoms with Crippen LogP contribution in [0.15, 0.2) is 24.3 Å². The predicted octanol–water partition coefficient (Wildman–Crippen LogP) is 1.79. The lowest BCUT2D eigenvalue weighted by atomic mass is 10.1. The van der Waals surface area contributed by atoms with E-state index in [0.29, 0.717) is 19.3 Å². The molecule has 0 aromatic heterocycles. The standard InChI is InChI=1S/C15H22N2O3/c1-12(18)17-13-2-4-14(5-3-13)19-10-11-20-15-6-8-16-9-7-15/h2-5,15-16H,6-11H2,1H3,(H,17,18). The molecule has 0 spiro atoms. The van der Waals surface area contributed by atoms with Crippen LogP contribution >= 0.6 is 0 Å². The average Bonchev–Trinajstić information content (AvgIpc) is 2.46. The number of anilines is 1. The topological polar surface area (TPSA) is 59.6 Å². The van der Waals surface area contributed by atoms with Gasteiger partial charge in [0.2, 0.25) is 5.91 Å². The Balaban J connectivity index is 1.64. The maximum Gasteiger partial charge on any atom is 0.221 e. The Labute approximate surface area is 119 Å². The first-order chi connectivity index (χ1) is 9.74. The fourth-order valence-corrected chi connectivity index (χ4v) is 2.17. The van der Waals surface area contributed by atoms with E-state index >= 15 is 0 Å². The fraction of sp³-hybridized carbons (Fsp3) is 0.533. The number of hydrogen-bond acceptors (Lipinski definition) is 4. The second-order valence-corrected chi connectivity index (χ2v) is 4.87. The number of rotatable bonds is 6. The smallest absolute Gasteiger partial charge is 0.221 e. The van der Waals surface area contributed by atoms with Crippen molar-refractivity contribution in [2.24, 2.45) is 0 Å². The van der Waals surface area contributed by atoms with Crippen molar-refractivity contribution < 1.29 is 14.3 Å². The molecule has 1 aromatic rings. The van der Waals surface area contributed by atoms with Crippen LogP contribution in [0.1, 0.15) is 19.8 Å². The van der Waals surface area contributed by atoms with E-state index in [1.807, 2.05) is 24.3 Å².